The Hall–Kier alpha value is -2.48. The van der Waals surface area contributed by atoms with Gasteiger partial charge in [-0.3, -0.25) is 9.59 Å². The third-order valence-corrected chi connectivity index (χ3v) is 4.67. The minimum atomic E-state index is -4.43. The fourth-order valence-electron chi connectivity index (χ4n) is 2.28. The van der Waals surface area contributed by atoms with E-state index in [-0.39, 0.29) is 11.7 Å². The van der Waals surface area contributed by atoms with Crippen molar-refractivity contribution in [1.82, 2.24) is 10.6 Å². The quantitative estimate of drug-likeness (QED) is 0.703. The van der Waals surface area contributed by atoms with E-state index in [1.165, 1.54) is 19.1 Å². The van der Waals surface area contributed by atoms with Crippen molar-refractivity contribution in [3.63, 3.8) is 0 Å². The van der Waals surface area contributed by atoms with E-state index in [4.69, 9.17) is 0 Å². The molecular weight excluding hydrogens is 377 g/mol. The van der Waals surface area contributed by atoms with Crippen LogP contribution in [0.5, 0.6) is 0 Å². The molecule has 1 atom stereocenters. The molecule has 2 amide bonds. The SMILES string of the molecule is CC(=O)NC(CSc1cccc(C(F)(F)F)c1)C(=O)NCc1ccccc1. The Bertz CT molecular complexity index is 782. The van der Waals surface area contributed by atoms with Crippen molar-refractivity contribution in [3.8, 4) is 0 Å². The van der Waals surface area contributed by atoms with E-state index in [1.807, 2.05) is 30.3 Å². The van der Waals surface area contributed by atoms with Crippen LogP contribution < -0.4 is 10.6 Å². The standard InChI is InChI=1S/C19H19F3N2O2S/c1-13(25)24-17(18(26)23-11-14-6-3-2-4-7-14)12-27-16-9-5-8-15(10-16)19(20,21)22/h2-10,17H,11-12H2,1H3,(H,23,26)(H,24,25). The van der Waals surface area contributed by atoms with Crippen molar-refractivity contribution in [3.05, 3.63) is 65.7 Å². The van der Waals surface area contributed by atoms with Gasteiger partial charge in [0, 0.05) is 24.1 Å². The Kier molecular flexibility index (Phi) is 7.29. The number of thioether (sulfide) groups is 1. The van der Waals surface area contributed by atoms with Crippen molar-refractivity contribution in [2.24, 2.45) is 0 Å². The molecule has 2 aromatic rings. The zero-order valence-electron chi connectivity index (χ0n) is 14.5. The summed E-state index contributed by atoms with van der Waals surface area (Å²) in [5.41, 5.74) is 0.148. The minimum Gasteiger partial charge on any atom is -0.350 e. The summed E-state index contributed by atoms with van der Waals surface area (Å²) in [4.78, 5) is 24.1. The van der Waals surface area contributed by atoms with Crippen molar-refractivity contribution >= 4 is 23.6 Å². The Balaban J connectivity index is 1.99. The normalized spacial score (nSPS) is 12.3. The van der Waals surface area contributed by atoms with Crippen LogP contribution in [-0.2, 0) is 22.3 Å². The Morgan fingerprint density at radius 3 is 2.41 bits per heavy atom. The van der Waals surface area contributed by atoms with Crippen LogP contribution in [0.15, 0.2) is 59.5 Å². The molecule has 4 nitrogen and oxygen atoms in total. The van der Waals surface area contributed by atoms with E-state index in [1.54, 1.807) is 0 Å². The molecule has 0 aliphatic carbocycles. The fourth-order valence-corrected chi connectivity index (χ4v) is 3.26. The van der Waals surface area contributed by atoms with Crippen LogP contribution in [0.4, 0.5) is 13.2 Å². The maximum Gasteiger partial charge on any atom is 0.416 e. The molecule has 0 bridgehead atoms. The smallest absolute Gasteiger partial charge is 0.350 e. The first-order chi connectivity index (χ1) is 12.8. The molecule has 0 aromatic heterocycles. The Morgan fingerprint density at radius 1 is 1.07 bits per heavy atom. The number of hydrogen-bond donors (Lipinski definition) is 2. The van der Waals surface area contributed by atoms with Gasteiger partial charge in [-0.15, -0.1) is 11.8 Å². The first-order valence-electron chi connectivity index (χ1n) is 8.14. The van der Waals surface area contributed by atoms with Crippen LogP contribution in [0.2, 0.25) is 0 Å². The lowest BCUT2D eigenvalue weighted by atomic mass is 10.2. The second-order valence-electron chi connectivity index (χ2n) is 5.79. The van der Waals surface area contributed by atoms with Crippen molar-refractivity contribution in [1.29, 1.82) is 0 Å². The summed E-state index contributed by atoms with van der Waals surface area (Å²) in [6.45, 7) is 1.58. The zero-order chi connectivity index (χ0) is 19.9. The number of halogens is 3. The molecule has 0 aliphatic rings. The summed E-state index contributed by atoms with van der Waals surface area (Å²) in [7, 11) is 0. The summed E-state index contributed by atoms with van der Waals surface area (Å²) in [5.74, 6) is -0.672. The number of rotatable bonds is 7. The second-order valence-corrected chi connectivity index (χ2v) is 6.89. The van der Waals surface area contributed by atoms with Crippen LogP contribution in [0.1, 0.15) is 18.1 Å². The highest BCUT2D eigenvalue weighted by Gasteiger charge is 2.30. The third kappa shape index (κ3) is 6.97. The molecule has 0 saturated heterocycles. The molecule has 8 heteroatoms. The highest BCUT2D eigenvalue weighted by atomic mass is 32.2. The molecular formula is C19H19F3N2O2S. The summed E-state index contributed by atoms with van der Waals surface area (Å²) in [6.07, 6.45) is -4.43. The lowest BCUT2D eigenvalue weighted by Gasteiger charge is -2.18. The Labute approximate surface area is 159 Å². The van der Waals surface area contributed by atoms with Crippen LogP contribution in [-0.4, -0.2) is 23.6 Å². The largest absolute Gasteiger partial charge is 0.416 e. The van der Waals surface area contributed by atoms with Gasteiger partial charge in [-0.2, -0.15) is 13.2 Å². The van der Waals surface area contributed by atoms with E-state index < -0.39 is 23.7 Å². The zero-order valence-corrected chi connectivity index (χ0v) is 15.4. The predicted octanol–water partition coefficient (Wildman–Crippen LogP) is 3.62. The lowest BCUT2D eigenvalue weighted by molar-refractivity contribution is -0.137. The molecule has 0 radical (unpaired) electrons. The maximum absolute atomic E-state index is 12.8. The number of amides is 2. The van der Waals surface area contributed by atoms with Gasteiger partial charge >= 0.3 is 6.18 Å². The predicted molar refractivity (Wildman–Crippen MR) is 98.1 cm³/mol. The molecule has 144 valence electrons. The van der Waals surface area contributed by atoms with Gasteiger partial charge in [0.2, 0.25) is 11.8 Å². The van der Waals surface area contributed by atoms with Gasteiger partial charge in [0.15, 0.2) is 0 Å². The van der Waals surface area contributed by atoms with Gasteiger partial charge in [0.1, 0.15) is 6.04 Å². The van der Waals surface area contributed by atoms with E-state index in [2.05, 4.69) is 10.6 Å². The maximum atomic E-state index is 12.8. The first kappa shape index (κ1) is 20.8. The van der Waals surface area contributed by atoms with Crippen LogP contribution in [0.25, 0.3) is 0 Å². The van der Waals surface area contributed by atoms with Gasteiger partial charge in [-0.05, 0) is 23.8 Å². The van der Waals surface area contributed by atoms with E-state index in [9.17, 15) is 22.8 Å². The summed E-state index contributed by atoms with van der Waals surface area (Å²) in [6, 6.07) is 13.3. The third-order valence-electron chi connectivity index (χ3n) is 3.58. The van der Waals surface area contributed by atoms with E-state index in [0.29, 0.717) is 11.4 Å². The monoisotopic (exact) mass is 396 g/mol. The average molecular weight is 396 g/mol. The van der Waals surface area contributed by atoms with Gasteiger partial charge in [-0.25, -0.2) is 0 Å². The summed E-state index contributed by atoms with van der Waals surface area (Å²) < 4.78 is 38.4. The topological polar surface area (TPSA) is 58.2 Å². The summed E-state index contributed by atoms with van der Waals surface area (Å²) >= 11 is 1.08. The number of carbonyl (C=O) groups excluding carboxylic acids is 2. The van der Waals surface area contributed by atoms with Crippen molar-refractivity contribution < 1.29 is 22.8 Å². The molecule has 2 rings (SSSR count). The first-order valence-corrected chi connectivity index (χ1v) is 9.13. The number of hydrogen-bond acceptors (Lipinski definition) is 3. The molecule has 0 aliphatic heterocycles. The fraction of sp³-hybridized carbons (Fsp3) is 0.263. The molecule has 0 spiro atoms. The second kappa shape index (κ2) is 9.45. The van der Waals surface area contributed by atoms with Crippen molar-refractivity contribution in [2.45, 2.75) is 30.6 Å². The van der Waals surface area contributed by atoms with Crippen LogP contribution >= 0.6 is 11.8 Å². The number of nitrogens with one attached hydrogen (secondary N) is 2. The summed E-state index contributed by atoms with van der Waals surface area (Å²) in [5, 5.41) is 5.27. The molecule has 1 unspecified atom stereocenters. The molecule has 27 heavy (non-hydrogen) atoms. The number of alkyl halides is 3. The van der Waals surface area contributed by atoms with E-state index >= 15 is 0 Å². The van der Waals surface area contributed by atoms with Crippen LogP contribution in [0, 0.1) is 0 Å². The number of carbonyl (C=O) groups is 2. The lowest BCUT2D eigenvalue weighted by Crippen LogP contribution is -2.47. The molecule has 2 aromatic carbocycles. The highest BCUT2D eigenvalue weighted by Crippen LogP contribution is 2.32. The van der Waals surface area contributed by atoms with Crippen LogP contribution in [0.3, 0.4) is 0 Å². The average Bonchev–Trinajstić information content (AvgIpc) is 2.63. The molecule has 2 N–H and O–H groups in total. The molecule has 0 fully saturated rings. The Morgan fingerprint density at radius 2 is 1.78 bits per heavy atom. The van der Waals surface area contributed by atoms with Gasteiger partial charge in [-0.1, -0.05) is 36.4 Å². The number of benzene rings is 2. The van der Waals surface area contributed by atoms with Crippen molar-refractivity contribution in [2.75, 3.05) is 5.75 Å². The van der Waals surface area contributed by atoms with Gasteiger partial charge in [0.05, 0.1) is 5.56 Å². The molecule has 0 saturated carbocycles. The van der Waals surface area contributed by atoms with Gasteiger partial charge < -0.3 is 10.6 Å². The van der Waals surface area contributed by atoms with Gasteiger partial charge in [0.25, 0.3) is 0 Å². The van der Waals surface area contributed by atoms with E-state index in [0.717, 1.165) is 29.5 Å². The minimum absolute atomic E-state index is 0.113. The molecule has 0 heterocycles. The highest BCUT2D eigenvalue weighted by molar-refractivity contribution is 7.99.